The second-order valence-electron chi connectivity index (χ2n) is 5.72. The third-order valence-corrected chi connectivity index (χ3v) is 5.25. The lowest BCUT2D eigenvalue weighted by Gasteiger charge is -2.11. The molecule has 27 heavy (non-hydrogen) atoms. The van der Waals surface area contributed by atoms with E-state index in [1.165, 1.54) is 24.8 Å². The van der Waals surface area contributed by atoms with Crippen LogP contribution in [0.5, 0.6) is 0 Å². The quantitative estimate of drug-likeness (QED) is 0.459. The maximum atomic E-state index is 12.1. The van der Waals surface area contributed by atoms with Crippen molar-refractivity contribution >= 4 is 50.6 Å². The van der Waals surface area contributed by atoms with E-state index in [0.29, 0.717) is 22.1 Å². The average molecular weight is 396 g/mol. The number of fused-ring (bicyclic) bond motifs is 1. The van der Waals surface area contributed by atoms with E-state index in [2.05, 4.69) is 15.3 Å². The van der Waals surface area contributed by atoms with Gasteiger partial charge in [0.25, 0.3) is 0 Å². The van der Waals surface area contributed by atoms with Gasteiger partial charge in [0, 0.05) is 16.0 Å². The lowest BCUT2D eigenvalue weighted by Crippen LogP contribution is -2.06. The van der Waals surface area contributed by atoms with Gasteiger partial charge in [0.2, 0.25) is 0 Å². The first-order valence-electron chi connectivity index (χ1n) is 8.10. The molecule has 0 aliphatic carbocycles. The molecule has 0 fully saturated rings. The highest BCUT2D eigenvalue weighted by molar-refractivity contribution is 7.17. The molecular formula is C20H14ClN3O2S. The summed E-state index contributed by atoms with van der Waals surface area (Å²) < 4.78 is 4.87. The summed E-state index contributed by atoms with van der Waals surface area (Å²) in [4.78, 5) is 21.7. The van der Waals surface area contributed by atoms with Crippen LogP contribution in [0.2, 0.25) is 5.02 Å². The monoisotopic (exact) mass is 395 g/mol. The molecule has 0 radical (unpaired) electrons. The van der Waals surface area contributed by atoms with Gasteiger partial charge in [-0.3, -0.25) is 0 Å². The van der Waals surface area contributed by atoms with Gasteiger partial charge in [-0.1, -0.05) is 35.9 Å². The Hall–Kier alpha value is -2.96. The Kier molecular flexibility index (Phi) is 4.75. The summed E-state index contributed by atoms with van der Waals surface area (Å²) in [5.74, 6) is 0.217. The number of aromatic nitrogens is 2. The maximum absolute atomic E-state index is 12.1. The number of halogens is 1. The van der Waals surface area contributed by atoms with Gasteiger partial charge >= 0.3 is 5.97 Å². The fraction of sp³-hybridized carbons (Fsp3) is 0.0500. The number of para-hydroxylation sites is 1. The van der Waals surface area contributed by atoms with Crippen LogP contribution < -0.4 is 5.32 Å². The fourth-order valence-corrected chi connectivity index (χ4v) is 3.86. The topological polar surface area (TPSA) is 64.1 Å². The molecule has 134 valence electrons. The Morgan fingerprint density at radius 2 is 1.89 bits per heavy atom. The first-order chi connectivity index (χ1) is 13.2. The van der Waals surface area contributed by atoms with E-state index < -0.39 is 5.97 Å². The first-order valence-corrected chi connectivity index (χ1v) is 9.35. The number of carbonyl (C=O) groups excluding carboxylic acids is 1. The van der Waals surface area contributed by atoms with Crippen molar-refractivity contribution in [1.82, 2.24) is 9.97 Å². The number of esters is 1. The highest BCUT2D eigenvalue weighted by Crippen LogP contribution is 2.38. The van der Waals surface area contributed by atoms with Gasteiger partial charge in [-0.05, 0) is 29.8 Å². The van der Waals surface area contributed by atoms with E-state index in [1.807, 2.05) is 41.8 Å². The number of benzene rings is 2. The zero-order valence-corrected chi connectivity index (χ0v) is 15.8. The molecule has 0 saturated carbocycles. The highest BCUT2D eigenvalue weighted by atomic mass is 35.5. The van der Waals surface area contributed by atoms with Crippen molar-refractivity contribution in [3.63, 3.8) is 0 Å². The van der Waals surface area contributed by atoms with Crippen molar-refractivity contribution in [2.75, 3.05) is 12.4 Å². The zero-order chi connectivity index (χ0) is 18.8. The Morgan fingerprint density at radius 3 is 2.67 bits per heavy atom. The number of nitrogens with one attached hydrogen (secondary N) is 1. The molecule has 0 unspecified atom stereocenters. The smallest absolute Gasteiger partial charge is 0.339 e. The SMILES string of the molecule is COC(=O)c1ccccc1Nc1ncnc2scc(-c3ccc(Cl)cc3)c12. The highest BCUT2D eigenvalue weighted by Gasteiger charge is 2.16. The lowest BCUT2D eigenvalue weighted by molar-refractivity contribution is 0.0602. The predicted octanol–water partition coefficient (Wildman–Crippen LogP) is 5.54. The minimum atomic E-state index is -0.411. The third-order valence-electron chi connectivity index (χ3n) is 4.11. The number of methoxy groups -OCH3 is 1. The normalized spacial score (nSPS) is 10.7. The van der Waals surface area contributed by atoms with Crippen LogP contribution in [0.4, 0.5) is 11.5 Å². The summed E-state index contributed by atoms with van der Waals surface area (Å²) in [6, 6.07) is 14.8. The number of nitrogens with zero attached hydrogens (tertiary/aromatic N) is 2. The molecule has 0 spiro atoms. The van der Waals surface area contributed by atoms with E-state index in [1.54, 1.807) is 12.1 Å². The van der Waals surface area contributed by atoms with Gasteiger partial charge in [0.1, 0.15) is 17.0 Å². The van der Waals surface area contributed by atoms with Crippen molar-refractivity contribution in [2.45, 2.75) is 0 Å². The summed E-state index contributed by atoms with van der Waals surface area (Å²) >= 11 is 7.55. The van der Waals surface area contributed by atoms with Crippen molar-refractivity contribution in [3.8, 4) is 11.1 Å². The molecule has 0 atom stereocenters. The molecule has 0 amide bonds. The molecule has 0 aliphatic rings. The molecule has 5 nitrogen and oxygen atoms in total. The Labute approximate surface area is 164 Å². The fourth-order valence-electron chi connectivity index (χ4n) is 2.82. The van der Waals surface area contributed by atoms with Gasteiger partial charge in [-0.25, -0.2) is 14.8 Å². The van der Waals surface area contributed by atoms with Crippen LogP contribution >= 0.6 is 22.9 Å². The molecule has 0 aliphatic heterocycles. The number of carbonyl (C=O) groups is 1. The number of rotatable bonds is 4. The first kappa shape index (κ1) is 17.5. The van der Waals surface area contributed by atoms with Crippen molar-refractivity contribution in [1.29, 1.82) is 0 Å². The molecular weight excluding hydrogens is 382 g/mol. The van der Waals surface area contributed by atoms with Crippen molar-refractivity contribution < 1.29 is 9.53 Å². The molecule has 2 heterocycles. The molecule has 0 bridgehead atoms. The van der Waals surface area contributed by atoms with Crippen LogP contribution in [0.25, 0.3) is 21.3 Å². The molecule has 7 heteroatoms. The number of hydrogen-bond donors (Lipinski definition) is 1. The minimum absolute atomic E-state index is 0.411. The van der Waals surface area contributed by atoms with Crippen LogP contribution in [0.3, 0.4) is 0 Å². The Bertz CT molecular complexity index is 1130. The van der Waals surface area contributed by atoms with Crippen molar-refractivity contribution in [3.05, 3.63) is 70.8 Å². The Morgan fingerprint density at radius 1 is 1.11 bits per heavy atom. The predicted molar refractivity (Wildman–Crippen MR) is 109 cm³/mol. The molecule has 4 aromatic rings. The minimum Gasteiger partial charge on any atom is -0.465 e. The number of thiophene rings is 1. The van der Waals surface area contributed by atoms with E-state index in [-0.39, 0.29) is 0 Å². The Balaban J connectivity index is 1.83. The van der Waals surface area contributed by atoms with Crippen LogP contribution in [-0.4, -0.2) is 23.0 Å². The number of ether oxygens (including phenoxy) is 1. The second kappa shape index (κ2) is 7.34. The number of anilines is 2. The van der Waals surface area contributed by atoms with Gasteiger partial charge < -0.3 is 10.1 Å². The summed E-state index contributed by atoms with van der Waals surface area (Å²) in [5, 5.41) is 6.88. The van der Waals surface area contributed by atoms with E-state index >= 15 is 0 Å². The lowest BCUT2D eigenvalue weighted by atomic mass is 10.1. The largest absolute Gasteiger partial charge is 0.465 e. The van der Waals surface area contributed by atoms with Crippen molar-refractivity contribution in [2.24, 2.45) is 0 Å². The standard InChI is InChI=1S/C20H14ClN3O2S/c1-26-20(25)14-4-2-3-5-16(14)24-18-17-15(10-27-19(17)23-11-22-18)12-6-8-13(21)9-7-12/h2-11H,1H3,(H,22,23,24). The molecule has 0 saturated heterocycles. The average Bonchev–Trinajstić information content (AvgIpc) is 3.14. The zero-order valence-electron chi connectivity index (χ0n) is 14.3. The maximum Gasteiger partial charge on any atom is 0.339 e. The second-order valence-corrected chi connectivity index (χ2v) is 7.02. The molecule has 2 aromatic heterocycles. The van der Waals surface area contributed by atoms with Crippen LogP contribution in [-0.2, 0) is 4.74 Å². The van der Waals surface area contributed by atoms with E-state index in [9.17, 15) is 4.79 Å². The summed E-state index contributed by atoms with van der Waals surface area (Å²) in [7, 11) is 1.36. The molecule has 2 aromatic carbocycles. The number of hydrogen-bond acceptors (Lipinski definition) is 6. The summed E-state index contributed by atoms with van der Waals surface area (Å²) in [6.07, 6.45) is 1.51. The van der Waals surface area contributed by atoms with E-state index in [0.717, 1.165) is 21.3 Å². The summed E-state index contributed by atoms with van der Waals surface area (Å²) in [6.45, 7) is 0. The van der Waals surface area contributed by atoms with E-state index in [4.69, 9.17) is 16.3 Å². The van der Waals surface area contributed by atoms with Crippen LogP contribution in [0.15, 0.2) is 60.2 Å². The third kappa shape index (κ3) is 3.37. The van der Waals surface area contributed by atoms with Gasteiger partial charge in [0.15, 0.2) is 0 Å². The van der Waals surface area contributed by atoms with Crippen LogP contribution in [0.1, 0.15) is 10.4 Å². The van der Waals surface area contributed by atoms with Crippen LogP contribution in [0, 0.1) is 0 Å². The molecule has 1 N–H and O–H groups in total. The summed E-state index contributed by atoms with van der Waals surface area (Å²) in [5.41, 5.74) is 3.09. The molecule has 4 rings (SSSR count). The van der Waals surface area contributed by atoms with Gasteiger partial charge in [-0.2, -0.15) is 0 Å². The van der Waals surface area contributed by atoms with Gasteiger partial charge in [0.05, 0.1) is 23.7 Å². The van der Waals surface area contributed by atoms with Gasteiger partial charge in [-0.15, -0.1) is 11.3 Å².